The lowest BCUT2D eigenvalue weighted by Crippen LogP contribution is -2.50. The van der Waals surface area contributed by atoms with Crippen LogP contribution in [-0.4, -0.2) is 60.3 Å². The minimum Gasteiger partial charge on any atom is -0.491 e. The maximum absolute atomic E-state index is 10.4. The third-order valence-electron chi connectivity index (χ3n) is 5.66. The number of β-amino-alcohol motifs (C(OH)–C–C–N with tert-alkyl or cyclic N) is 1. The lowest BCUT2D eigenvalue weighted by Gasteiger charge is -2.40. The fourth-order valence-electron chi connectivity index (χ4n) is 4.15. The lowest BCUT2D eigenvalue weighted by molar-refractivity contribution is 0.0401. The molecule has 1 fully saturated rings. The van der Waals surface area contributed by atoms with Gasteiger partial charge in [0.25, 0.3) is 0 Å². The highest BCUT2D eigenvalue weighted by molar-refractivity contribution is 5.32. The van der Waals surface area contributed by atoms with E-state index in [1.54, 1.807) is 0 Å². The molecule has 0 radical (unpaired) electrons. The van der Waals surface area contributed by atoms with Crippen molar-refractivity contribution in [2.45, 2.75) is 12.1 Å². The van der Waals surface area contributed by atoms with Crippen LogP contribution in [0.25, 0.3) is 0 Å². The van der Waals surface area contributed by atoms with Crippen molar-refractivity contribution in [1.82, 2.24) is 9.80 Å². The van der Waals surface area contributed by atoms with E-state index in [2.05, 4.69) is 70.5 Å². The molecule has 4 heteroatoms. The van der Waals surface area contributed by atoms with Crippen molar-refractivity contribution in [3.05, 3.63) is 102 Å². The van der Waals surface area contributed by atoms with Gasteiger partial charge < -0.3 is 9.84 Å². The average Bonchev–Trinajstić information content (AvgIpc) is 2.81. The first-order valence-corrected chi connectivity index (χ1v) is 10.7. The molecule has 0 amide bonds. The number of benzene rings is 3. The molecular weight excluding hydrogens is 372 g/mol. The van der Waals surface area contributed by atoms with Crippen molar-refractivity contribution in [3.8, 4) is 5.75 Å². The van der Waals surface area contributed by atoms with E-state index in [0.29, 0.717) is 13.2 Å². The van der Waals surface area contributed by atoms with Crippen LogP contribution in [0.15, 0.2) is 91.0 Å². The Kier molecular flexibility index (Phi) is 7.14. The maximum Gasteiger partial charge on any atom is 0.119 e. The van der Waals surface area contributed by atoms with E-state index in [9.17, 15) is 5.11 Å². The van der Waals surface area contributed by atoms with Crippen molar-refractivity contribution in [1.29, 1.82) is 0 Å². The van der Waals surface area contributed by atoms with E-state index in [1.807, 2.05) is 30.3 Å². The Hall–Kier alpha value is -2.66. The molecule has 4 nitrogen and oxygen atoms in total. The summed E-state index contributed by atoms with van der Waals surface area (Å²) in [5.74, 6) is 0.801. The second-order valence-electron chi connectivity index (χ2n) is 7.84. The van der Waals surface area contributed by atoms with E-state index >= 15 is 0 Å². The van der Waals surface area contributed by atoms with Crippen LogP contribution >= 0.6 is 0 Å². The second kappa shape index (κ2) is 10.4. The van der Waals surface area contributed by atoms with Crippen molar-refractivity contribution < 1.29 is 9.84 Å². The molecule has 3 aromatic rings. The van der Waals surface area contributed by atoms with E-state index < -0.39 is 6.10 Å². The zero-order chi connectivity index (χ0) is 20.6. The van der Waals surface area contributed by atoms with Gasteiger partial charge in [0.2, 0.25) is 0 Å². The zero-order valence-electron chi connectivity index (χ0n) is 17.3. The first-order chi connectivity index (χ1) is 14.8. The number of aliphatic hydroxyl groups is 1. The van der Waals surface area contributed by atoms with Crippen LogP contribution in [0, 0.1) is 0 Å². The van der Waals surface area contributed by atoms with E-state index in [0.717, 1.165) is 31.9 Å². The smallest absolute Gasteiger partial charge is 0.119 e. The number of aliphatic hydroxyl groups excluding tert-OH is 1. The highest BCUT2D eigenvalue weighted by atomic mass is 16.5. The summed E-state index contributed by atoms with van der Waals surface area (Å²) in [5, 5.41) is 10.4. The summed E-state index contributed by atoms with van der Waals surface area (Å²) in [7, 11) is 0. The van der Waals surface area contributed by atoms with Gasteiger partial charge in [-0.3, -0.25) is 9.80 Å². The molecule has 1 saturated heterocycles. The Morgan fingerprint density at radius 2 is 1.20 bits per heavy atom. The van der Waals surface area contributed by atoms with Crippen LogP contribution in [0.3, 0.4) is 0 Å². The van der Waals surface area contributed by atoms with Crippen molar-refractivity contribution >= 4 is 0 Å². The third kappa shape index (κ3) is 5.48. The Bertz CT molecular complexity index is 826. The Morgan fingerprint density at radius 3 is 1.73 bits per heavy atom. The number of para-hydroxylation sites is 1. The fourth-order valence-corrected chi connectivity index (χ4v) is 4.15. The molecule has 30 heavy (non-hydrogen) atoms. The Morgan fingerprint density at radius 1 is 0.700 bits per heavy atom. The van der Waals surface area contributed by atoms with Gasteiger partial charge in [0, 0.05) is 32.7 Å². The highest BCUT2D eigenvalue weighted by Gasteiger charge is 2.27. The topological polar surface area (TPSA) is 35.9 Å². The van der Waals surface area contributed by atoms with Gasteiger partial charge in [-0.1, -0.05) is 78.9 Å². The van der Waals surface area contributed by atoms with E-state index in [1.165, 1.54) is 11.1 Å². The molecule has 1 N–H and O–H groups in total. The third-order valence-corrected chi connectivity index (χ3v) is 5.66. The number of nitrogens with zero attached hydrogens (tertiary/aromatic N) is 2. The van der Waals surface area contributed by atoms with Gasteiger partial charge in [-0.15, -0.1) is 0 Å². The van der Waals surface area contributed by atoms with Gasteiger partial charge in [-0.05, 0) is 23.3 Å². The van der Waals surface area contributed by atoms with Gasteiger partial charge >= 0.3 is 0 Å². The van der Waals surface area contributed by atoms with Gasteiger partial charge in [-0.2, -0.15) is 0 Å². The Balaban J connectivity index is 1.33. The number of piperazine rings is 1. The highest BCUT2D eigenvalue weighted by Crippen LogP contribution is 2.29. The Labute approximate surface area is 179 Å². The van der Waals surface area contributed by atoms with Crippen molar-refractivity contribution in [3.63, 3.8) is 0 Å². The van der Waals surface area contributed by atoms with Crippen LogP contribution in [0.4, 0.5) is 0 Å². The first kappa shape index (κ1) is 20.6. The van der Waals surface area contributed by atoms with Crippen molar-refractivity contribution in [2.24, 2.45) is 0 Å². The van der Waals surface area contributed by atoms with Crippen LogP contribution in [0.2, 0.25) is 0 Å². The molecule has 1 aliphatic rings. The van der Waals surface area contributed by atoms with Gasteiger partial charge in [0.1, 0.15) is 18.5 Å². The minimum absolute atomic E-state index is 0.265. The quantitative estimate of drug-likeness (QED) is 0.621. The molecule has 1 heterocycles. The standard InChI is InChI=1S/C26H30N2O2/c29-24(21-30-25-14-8-3-9-15-25)20-27-16-18-28(19-17-27)26(22-10-4-1-5-11-22)23-12-6-2-7-13-23/h1-15,24,26,29H,16-21H2. The van der Waals surface area contributed by atoms with Crippen LogP contribution in [0.1, 0.15) is 17.2 Å². The van der Waals surface area contributed by atoms with Crippen LogP contribution in [-0.2, 0) is 0 Å². The molecule has 3 aromatic carbocycles. The number of hydrogen-bond donors (Lipinski definition) is 1. The van der Waals surface area contributed by atoms with E-state index in [-0.39, 0.29) is 6.04 Å². The van der Waals surface area contributed by atoms with Crippen molar-refractivity contribution in [2.75, 3.05) is 39.3 Å². The summed E-state index contributed by atoms with van der Waals surface area (Å²) >= 11 is 0. The zero-order valence-corrected chi connectivity index (χ0v) is 17.3. The summed E-state index contributed by atoms with van der Waals surface area (Å²) in [6, 6.07) is 31.4. The first-order valence-electron chi connectivity index (χ1n) is 10.7. The monoisotopic (exact) mass is 402 g/mol. The molecule has 0 bridgehead atoms. The van der Waals surface area contributed by atoms with Crippen LogP contribution < -0.4 is 4.74 Å². The summed E-state index contributed by atoms with van der Waals surface area (Å²) in [5.41, 5.74) is 2.65. The van der Waals surface area contributed by atoms with Gasteiger partial charge in [0.05, 0.1) is 6.04 Å². The number of rotatable bonds is 8. The minimum atomic E-state index is -0.490. The summed E-state index contributed by atoms with van der Waals surface area (Å²) in [4.78, 5) is 4.89. The lowest BCUT2D eigenvalue weighted by atomic mass is 9.96. The van der Waals surface area contributed by atoms with Gasteiger partial charge in [-0.25, -0.2) is 0 Å². The number of hydrogen-bond acceptors (Lipinski definition) is 4. The summed E-state index contributed by atoms with van der Waals surface area (Å²) in [6.45, 7) is 4.79. The fraction of sp³-hybridized carbons (Fsp3) is 0.308. The molecule has 4 rings (SSSR count). The summed E-state index contributed by atoms with van der Waals surface area (Å²) < 4.78 is 5.70. The maximum atomic E-state index is 10.4. The molecule has 0 aromatic heterocycles. The second-order valence-corrected chi connectivity index (χ2v) is 7.84. The van der Waals surface area contributed by atoms with Crippen LogP contribution in [0.5, 0.6) is 5.75 Å². The predicted molar refractivity (Wildman–Crippen MR) is 121 cm³/mol. The molecule has 1 atom stereocenters. The molecule has 156 valence electrons. The predicted octanol–water partition coefficient (Wildman–Crippen LogP) is 3.83. The molecule has 0 aliphatic carbocycles. The van der Waals surface area contributed by atoms with E-state index in [4.69, 9.17) is 4.74 Å². The molecular formula is C26H30N2O2. The van der Waals surface area contributed by atoms with Gasteiger partial charge in [0.15, 0.2) is 0 Å². The number of ether oxygens (including phenoxy) is 1. The SMILES string of the molecule is OC(COc1ccccc1)CN1CCN(C(c2ccccc2)c2ccccc2)CC1. The molecule has 0 spiro atoms. The molecule has 0 saturated carbocycles. The average molecular weight is 403 g/mol. The molecule has 1 aliphatic heterocycles. The normalized spacial score (nSPS) is 16.5. The largest absolute Gasteiger partial charge is 0.491 e. The molecule has 1 unspecified atom stereocenters. The summed E-state index contributed by atoms with van der Waals surface area (Å²) in [6.07, 6.45) is -0.490.